The van der Waals surface area contributed by atoms with Crippen molar-refractivity contribution in [3.8, 4) is 0 Å². The summed E-state index contributed by atoms with van der Waals surface area (Å²) in [6, 6.07) is 0.0539. The lowest BCUT2D eigenvalue weighted by molar-refractivity contribution is -0.137. The fraction of sp³-hybridized carbons (Fsp3) is 0.875. The Kier molecular flexibility index (Phi) is 7.54. The SMILES string of the molecule is CC1(C)CCCN(C(=O)NCCCCCCC(=O)O)CC1. The quantitative estimate of drug-likeness (QED) is 0.709. The number of carbonyl (C=O) groups excluding carboxylic acids is 1. The summed E-state index contributed by atoms with van der Waals surface area (Å²) >= 11 is 0. The van der Waals surface area contributed by atoms with Gasteiger partial charge in [-0.25, -0.2) is 4.79 Å². The molecule has 0 atom stereocenters. The second kappa shape index (κ2) is 8.90. The lowest BCUT2D eigenvalue weighted by atomic mass is 9.85. The van der Waals surface area contributed by atoms with Gasteiger partial charge < -0.3 is 15.3 Å². The smallest absolute Gasteiger partial charge is 0.317 e. The van der Waals surface area contributed by atoms with Crippen LogP contribution in [-0.2, 0) is 4.79 Å². The molecule has 0 unspecified atom stereocenters. The Morgan fingerprint density at radius 3 is 2.52 bits per heavy atom. The Balaban J connectivity index is 2.09. The van der Waals surface area contributed by atoms with Gasteiger partial charge >= 0.3 is 12.0 Å². The molecule has 1 rings (SSSR count). The first-order chi connectivity index (χ1) is 9.91. The van der Waals surface area contributed by atoms with Crippen LogP contribution in [0.3, 0.4) is 0 Å². The minimum atomic E-state index is -0.729. The minimum Gasteiger partial charge on any atom is -0.481 e. The van der Waals surface area contributed by atoms with Crippen LogP contribution in [0.25, 0.3) is 0 Å². The molecule has 0 aromatic rings. The molecular weight excluding hydrogens is 268 g/mol. The van der Waals surface area contributed by atoms with Crippen LogP contribution in [0.2, 0.25) is 0 Å². The zero-order valence-corrected chi connectivity index (χ0v) is 13.5. The molecule has 0 bridgehead atoms. The summed E-state index contributed by atoms with van der Waals surface area (Å²) in [4.78, 5) is 24.4. The van der Waals surface area contributed by atoms with E-state index >= 15 is 0 Å². The largest absolute Gasteiger partial charge is 0.481 e. The summed E-state index contributed by atoms with van der Waals surface area (Å²) in [7, 11) is 0. The highest BCUT2D eigenvalue weighted by atomic mass is 16.4. The van der Waals surface area contributed by atoms with Crippen LogP contribution in [0, 0.1) is 5.41 Å². The van der Waals surface area contributed by atoms with Gasteiger partial charge in [0.05, 0.1) is 0 Å². The van der Waals surface area contributed by atoms with Gasteiger partial charge in [-0.1, -0.05) is 26.7 Å². The molecule has 0 aromatic heterocycles. The highest BCUT2D eigenvalue weighted by Gasteiger charge is 2.25. The number of amides is 2. The first-order valence-electron chi connectivity index (χ1n) is 8.15. The van der Waals surface area contributed by atoms with Crippen molar-refractivity contribution in [1.82, 2.24) is 10.2 Å². The van der Waals surface area contributed by atoms with Crippen LogP contribution in [-0.4, -0.2) is 41.6 Å². The number of rotatable bonds is 7. The summed E-state index contributed by atoms with van der Waals surface area (Å²) in [5, 5.41) is 11.5. The molecule has 5 heteroatoms. The fourth-order valence-electron chi connectivity index (χ4n) is 2.69. The molecule has 0 aliphatic carbocycles. The zero-order valence-electron chi connectivity index (χ0n) is 13.5. The van der Waals surface area contributed by atoms with Crippen molar-refractivity contribution < 1.29 is 14.7 Å². The van der Waals surface area contributed by atoms with Crippen molar-refractivity contribution >= 4 is 12.0 Å². The van der Waals surface area contributed by atoms with E-state index in [0.29, 0.717) is 12.0 Å². The molecule has 1 saturated heterocycles. The van der Waals surface area contributed by atoms with Crippen LogP contribution in [0.4, 0.5) is 4.79 Å². The molecule has 0 aromatic carbocycles. The van der Waals surface area contributed by atoms with E-state index in [4.69, 9.17) is 5.11 Å². The standard InChI is InChI=1S/C16H30N2O3/c1-16(2)9-7-12-18(13-10-16)15(21)17-11-6-4-3-5-8-14(19)20/h3-13H2,1-2H3,(H,17,21)(H,19,20). The molecule has 2 N–H and O–H groups in total. The summed E-state index contributed by atoms with van der Waals surface area (Å²) in [6.07, 6.45) is 7.11. The number of aliphatic carboxylic acids is 1. The number of unbranched alkanes of at least 4 members (excludes halogenated alkanes) is 3. The molecule has 2 amide bonds. The Labute approximate surface area is 128 Å². The number of carboxylic acid groups (broad SMARTS) is 1. The molecule has 0 spiro atoms. The predicted molar refractivity (Wildman–Crippen MR) is 83.3 cm³/mol. The van der Waals surface area contributed by atoms with Crippen LogP contribution < -0.4 is 5.32 Å². The van der Waals surface area contributed by atoms with Crippen molar-refractivity contribution in [2.24, 2.45) is 5.41 Å². The molecule has 122 valence electrons. The summed E-state index contributed by atoms with van der Waals surface area (Å²) in [6.45, 7) is 6.92. The fourth-order valence-corrected chi connectivity index (χ4v) is 2.69. The molecule has 0 saturated carbocycles. The first-order valence-corrected chi connectivity index (χ1v) is 8.15. The maximum absolute atomic E-state index is 12.1. The van der Waals surface area contributed by atoms with Gasteiger partial charge in [-0.05, 0) is 37.5 Å². The average molecular weight is 298 g/mol. The highest BCUT2D eigenvalue weighted by Crippen LogP contribution is 2.29. The van der Waals surface area contributed by atoms with E-state index in [1.807, 2.05) is 4.90 Å². The number of nitrogens with one attached hydrogen (secondary N) is 1. The summed E-state index contributed by atoms with van der Waals surface area (Å²) in [5.74, 6) is -0.729. The molecule has 1 aliphatic rings. The van der Waals surface area contributed by atoms with E-state index in [2.05, 4.69) is 19.2 Å². The van der Waals surface area contributed by atoms with Crippen molar-refractivity contribution in [3.63, 3.8) is 0 Å². The van der Waals surface area contributed by atoms with E-state index in [-0.39, 0.29) is 12.5 Å². The van der Waals surface area contributed by atoms with Gasteiger partial charge in [0.2, 0.25) is 0 Å². The third kappa shape index (κ3) is 7.93. The van der Waals surface area contributed by atoms with Crippen LogP contribution in [0.5, 0.6) is 0 Å². The van der Waals surface area contributed by atoms with Crippen LogP contribution in [0.1, 0.15) is 65.2 Å². The molecule has 1 heterocycles. The lowest BCUT2D eigenvalue weighted by Gasteiger charge is -2.23. The van der Waals surface area contributed by atoms with Gasteiger partial charge in [0.1, 0.15) is 0 Å². The van der Waals surface area contributed by atoms with Gasteiger partial charge in [-0.2, -0.15) is 0 Å². The highest BCUT2D eigenvalue weighted by molar-refractivity contribution is 5.74. The van der Waals surface area contributed by atoms with Crippen LogP contribution >= 0.6 is 0 Å². The third-order valence-electron chi connectivity index (χ3n) is 4.22. The Bertz CT molecular complexity index is 342. The lowest BCUT2D eigenvalue weighted by Crippen LogP contribution is -2.41. The Morgan fingerprint density at radius 2 is 1.81 bits per heavy atom. The molecule has 5 nitrogen and oxygen atoms in total. The van der Waals surface area contributed by atoms with E-state index < -0.39 is 5.97 Å². The first kappa shape index (κ1) is 17.8. The van der Waals surface area contributed by atoms with Gasteiger partial charge in [-0.3, -0.25) is 4.79 Å². The number of carbonyl (C=O) groups is 2. The predicted octanol–water partition coefficient (Wildman–Crippen LogP) is 3.24. The van der Waals surface area contributed by atoms with Gasteiger partial charge in [0, 0.05) is 26.1 Å². The normalized spacial score (nSPS) is 18.1. The maximum atomic E-state index is 12.1. The number of likely N-dealkylation sites (tertiary alicyclic amines) is 1. The number of carboxylic acids is 1. The second-order valence-electron chi connectivity index (χ2n) is 6.79. The molecule has 21 heavy (non-hydrogen) atoms. The zero-order chi connectivity index (χ0) is 15.7. The van der Waals surface area contributed by atoms with E-state index in [0.717, 1.165) is 51.6 Å². The summed E-state index contributed by atoms with van der Waals surface area (Å²) in [5.41, 5.74) is 0.346. The average Bonchev–Trinajstić information content (AvgIpc) is 2.58. The number of urea groups is 1. The van der Waals surface area contributed by atoms with Crippen molar-refractivity contribution in [2.45, 2.75) is 65.2 Å². The minimum absolute atomic E-state index is 0.0539. The molecule has 1 aliphatic heterocycles. The number of hydrogen-bond donors (Lipinski definition) is 2. The van der Waals surface area contributed by atoms with E-state index in [1.165, 1.54) is 6.42 Å². The summed E-state index contributed by atoms with van der Waals surface area (Å²) < 4.78 is 0. The van der Waals surface area contributed by atoms with Crippen molar-refractivity contribution in [3.05, 3.63) is 0 Å². The van der Waals surface area contributed by atoms with Crippen molar-refractivity contribution in [2.75, 3.05) is 19.6 Å². The topological polar surface area (TPSA) is 69.6 Å². The number of nitrogens with zero attached hydrogens (tertiary/aromatic N) is 1. The monoisotopic (exact) mass is 298 g/mol. The van der Waals surface area contributed by atoms with Gasteiger partial charge in [-0.15, -0.1) is 0 Å². The molecule has 1 fully saturated rings. The van der Waals surface area contributed by atoms with Gasteiger partial charge in [0.15, 0.2) is 0 Å². The van der Waals surface area contributed by atoms with E-state index in [9.17, 15) is 9.59 Å². The number of hydrogen-bond acceptors (Lipinski definition) is 2. The van der Waals surface area contributed by atoms with Gasteiger partial charge in [0.25, 0.3) is 0 Å². The van der Waals surface area contributed by atoms with Crippen molar-refractivity contribution in [1.29, 1.82) is 0 Å². The van der Waals surface area contributed by atoms with E-state index in [1.54, 1.807) is 0 Å². The maximum Gasteiger partial charge on any atom is 0.317 e. The third-order valence-corrected chi connectivity index (χ3v) is 4.22. The molecule has 0 radical (unpaired) electrons. The molecular formula is C16H30N2O3. The Morgan fingerprint density at radius 1 is 1.10 bits per heavy atom. The second-order valence-corrected chi connectivity index (χ2v) is 6.79. The van der Waals surface area contributed by atoms with Crippen LogP contribution in [0.15, 0.2) is 0 Å². The Hall–Kier alpha value is -1.26.